The lowest BCUT2D eigenvalue weighted by Crippen LogP contribution is -2.37. The minimum Gasteiger partial charge on any atom is -0.486 e. The van der Waals surface area contributed by atoms with Crippen LogP contribution in [-0.4, -0.2) is 61.8 Å². The number of hydrogen-bond donors (Lipinski definition) is 0. The molecule has 23 heavy (non-hydrogen) atoms. The Morgan fingerprint density at radius 1 is 1.17 bits per heavy atom. The molecule has 0 radical (unpaired) electrons. The van der Waals surface area contributed by atoms with E-state index in [0.717, 1.165) is 5.69 Å². The molecule has 4 rings (SSSR count). The van der Waals surface area contributed by atoms with Gasteiger partial charge in [0, 0.05) is 18.3 Å². The van der Waals surface area contributed by atoms with Crippen LogP contribution >= 0.6 is 12.2 Å². The van der Waals surface area contributed by atoms with Crippen LogP contribution in [0.2, 0.25) is 0 Å². The third-order valence-corrected chi connectivity index (χ3v) is 6.75. The third-order valence-electron chi connectivity index (χ3n) is 4.62. The molecule has 0 amide bonds. The number of sulfone groups is 1. The van der Waals surface area contributed by atoms with Gasteiger partial charge in [0.2, 0.25) is 0 Å². The normalized spacial score (nSPS) is 28.1. The summed E-state index contributed by atoms with van der Waals surface area (Å²) in [5.41, 5.74) is 0.863. The fraction of sp³-hybridized carbons (Fsp3) is 0.533. The van der Waals surface area contributed by atoms with Gasteiger partial charge >= 0.3 is 0 Å². The van der Waals surface area contributed by atoms with Crippen molar-refractivity contribution in [2.45, 2.75) is 19.0 Å². The van der Waals surface area contributed by atoms with Crippen molar-refractivity contribution >= 4 is 32.9 Å². The van der Waals surface area contributed by atoms with Crippen LogP contribution in [0.3, 0.4) is 0 Å². The van der Waals surface area contributed by atoms with E-state index in [2.05, 4.69) is 0 Å². The topological polar surface area (TPSA) is 59.1 Å². The van der Waals surface area contributed by atoms with Crippen LogP contribution in [0.5, 0.6) is 11.5 Å². The third kappa shape index (κ3) is 2.35. The van der Waals surface area contributed by atoms with E-state index in [1.54, 1.807) is 0 Å². The SMILES string of the molecule is CCN1C(=S)N(c2ccc3c(c2)OCCO3)[C@@H]2CS(=O)(=O)C[C@H]21. The van der Waals surface area contributed by atoms with Crippen LogP contribution in [0, 0.1) is 0 Å². The monoisotopic (exact) mass is 354 g/mol. The molecule has 3 aliphatic rings. The average Bonchev–Trinajstić information content (AvgIpc) is 2.95. The van der Waals surface area contributed by atoms with Gasteiger partial charge in [-0.05, 0) is 31.3 Å². The summed E-state index contributed by atoms with van der Waals surface area (Å²) in [5.74, 6) is 1.71. The van der Waals surface area contributed by atoms with Crippen molar-refractivity contribution in [3.05, 3.63) is 18.2 Å². The largest absolute Gasteiger partial charge is 0.486 e. The Morgan fingerprint density at radius 2 is 1.87 bits per heavy atom. The van der Waals surface area contributed by atoms with Crippen LogP contribution in [0.1, 0.15) is 6.92 Å². The van der Waals surface area contributed by atoms with Gasteiger partial charge in [-0.1, -0.05) is 0 Å². The molecule has 0 unspecified atom stereocenters. The molecule has 0 N–H and O–H groups in total. The Morgan fingerprint density at radius 3 is 2.61 bits per heavy atom. The fourth-order valence-corrected chi connectivity index (χ4v) is 6.09. The minimum atomic E-state index is -3.03. The number of benzene rings is 1. The number of fused-ring (bicyclic) bond motifs is 2. The molecule has 2 fully saturated rings. The van der Waals surface area contributed by atoms with Gasteiger partial charge in [-0.3, -0.25) is 0 Å². The van der Waals surface area contributed by atoms with E-state index in [1.165, 1.54) is 0 Å². The zero-order valence-electron chi connectivity index (χ0n) is 12.8. The van der Waals surface area contributed by atoms with Crippen LogP contribution in [0.25, 0.3) is 0 Å². The number of thiocarbonyl (C=S) groups is 1. The van der Waals surface area contributed by atoms with Crippen molar-refractivity contribution in [1.82, 2.24) is 4.90 Å². The van der Waals surface area contributed by atoms with Gasteiger partial charge in [0.25, 0.3) is 0 Å². The molecular weight excluding hydrogens is 336 g/mol. The molecule has 1 aromatic rings. The summed E-state index contributed by atoms with van der Waals surface area (Å²) in [6.45, 7) is 3.77. The highest BCUT2D eigenvalue weighted by Crippen LogP contribution is 2.39. The molecular formula is C15H18N2O4S2. The highest BCUT2D eigenvalue weighted by molar-refractivity contribution is 7.91. The van der Waals surface area contributed by atoms with Crippen molar-refractivity contribution < 1.29 is 17.9 Å². The predicted molar refractivity (Wildman–Crippen MR) is 91.1 cm³/mol. The first-order valence-corrected chi connectivity index (χ1v) is 9.93. The zero-order chi connectivity index (χ0) is 16.2. The smallest absolute Gasteiger partial charge is 0.176 e. The van der Waals surface area contributed by atoms with E-state index in [-0.39, 0.29) is 23.6 Å². The van der Waals surface area contributed by atoms with Crippen LogP contribution in [0.15, 0.2) is 18.2 Å². The van der Waals surface area contributed by atoms with Crippen molar-refractivity contribution in [3.63, 3.8) is 0 Å². The van der Waals surface area contributed by atoms with Crippen molar-refractivity contribution in [2.75, 3.05) is 36.2 Å². The lowest BCUT2D eigenvalue weighted by atomic mass is 10.1. The summed E-state index contributed by atoms with van der Waals surface area (Å²) in [6.07, 6.45) is 0. The van der Waals surface area contributed by atoms with Gasteiger partial charge in [-0.25, -0.2) is 8.42 Å². The Hall–Kier alpha value is -1.54. The van der Waals surface area contributed by atoms with E-state index in [9.17, 15) is 8.42 Å². The van der Waals surface area contributed by atoms with Gasteiger partial charge in [0.05, 0.1) is 23.6 Å². The first-order valence-electron chi connectivity index (χ1n) is 7.70. The average molecular weight is 354 g/mol. The second kappa shape index (κ2) is 5.24. The van der Waals surface area contributed by atoms with Gasteiger partial charge in [-0.2, -0.15) is 0 Å². The van der Waals surface area contributed by atoms with E-state index < -0.39 is 9.84 Å². The summed E-state index contributed by atoms with van der Waals surface area (Å²) in [6, 6.07) is 5.48. The maximum absolute atomic E-state index is 12.1. The summed E-state index contributed by atoms with van der Waals surface area (Å²) in [7, 11) is -3.03. The predicted octanol–water partition coefficient (Wildman–Crippen LogP) is 1.05. The molecule has 0 saturated carbocycles. The molecule has 6 nitrogen and oxygen atoms in total. The molecule has 2 atom stereocenters. The summed E-state index contributed by atoms with van der Waals surface area (Å²) in [4.78, 5) is 3.98. The first-order chi connectivity index (χ1) is 11.0. The fourth-order valence-electron chi connectivity index (χ4n) is 3.63. The molecule has 1 aromatic carbocycles. The molecule has 2 saturated heterocycles. The molecule has 8 heteroatoms. The Balaban J connectivity index is 1.74. The molecule has 0 aliphatic carbocycles. The lowest BCUT2D eigenvalue weighted by molar-refractivity contribution is 0.171. The van der Waals surface area contributed by atoms with Crippen LogP contribution in [0.4, 0.5) is 5.69 Å². The van der Waals surface area contributed by atoms with E-state index in [4.69, 9.17) is 21.7 Å². The first kappa shape index (κ1) is 15.0. The number of hydrogen-bond acceptors (Lipinski definition) is 5. The summed E-state index contributed by atoms with van der Waals surface area (Å²) in [5, 5.41) is 0.689. The van der Waals surface area contributed by atoms with E-state index in [0.29, 0.717) is 36.4 Å². The van der Waals surface area contributed by atoms with Gasteiger partial charge < -0.3 is 19.3 Å². The maximum atomic E-state index is 12.1. The van der Waals surface area contributed by atoms with Crippen LogP contribution in [-0.2, 0) is 9.84 Å². The number of nitrogens with zero attached hydrogens (tertiary/aromatic N) is 2. The minimum absolute atomic E-state index is 0.0642. The second-order valence-corrected chi connectivity index (χ2v) is 8.50. The van der Waals surface area contributed by atoms with E-state index in [1.807, 2.05) is 34.9 Å². The van der Waals surface area contributed by atoms with Crippen LogP contribution < -0.4 is 14.4 Å². The standard InChI is InChI=1S/C15H18N2O4S2/c1-2-16-11-8-23(18,19)9-12(11)17(15(16)22)10-3-4-13-14(7-10)21-6-5-20-13/h3-4,7,11-12H,2,5-6,8-9H2,1H3/t11-,12-/m1/s1. The Kier molecular flexibility index (Phi) is 3.42. The number of rotatable bonds is 2. The van der Waals surface area contributed by atoms with Gasteiger partial charge in [-0.15, -0.1) is 0 Å². The molecule has 3 aliphatic heterocycles. The zero-order valence-corrected chi connectivity index (χ0v) is 14.4. The molecule has 0 spiro atoms. The maximum Gasteiger partial charge on any atom is 0.176 e. The van der Waals surface area contributed by atoms with Gasteiger partial charge in [0.15, 0.2) is 26.4 Å². The van der Waals surface area contributed by atoms with Crippen molar-refractivity contribution in [3.8, 4) is 11.5 Å². The lowest BCUT2D eigenvalue weighted by Gasteiger charge is -2.26. The highest BCUT2D eigenvalue weighted by Gasteiger charge is 2.51. The number of likely N-dealkylation sites (N-methyl/N-ethyl adjacent to an activating group) is 1. The summed E-state index contributed by atoms with van der Waals surface area (Å²) >= 11 is 5.61. The molecule has 3 heterocycles. The molecule has 0 aromatic heterocycles. The van der Waals surface area contributed by atoms with Crippen molar-refractivity contribution in [1.29, 1.82) is 0 Å². The quantitative estimate of drug-likeness (QED) is 0.736. The number of ether oxygens (including phenoxy) is 2. The summed E-state index contributed by atoms with van der Waals surface area (Å²) < 4.78 is 35.3. The van der Waals surface area contributed by atoms with E-state index >= 15 is 0 Å². The Bertz CT molecular complexity index is 765. The van der Waals surface area contributed by atoms with Crippen molar-refractivity contribution in [2.24, 2.45) is 0 Å². The second-order valence-electron chi connectivity index (χ2n) is 5.98. The molecule has 0 bridgehead atoms. The van der Waals surface area contributed by atoms with Gasteiger partial charge in [0.1, 0.15) is 13.2 Å². The number of anilines is 1. The highest BCUT2D eigenvalue weighted by atomic mass is 32.2. The Labute approximate surface area is 140 Å². The molecule has 124 valence electrons.